The fourth-order valence-electron chi connectivity index (χ4n) is 1.82. The number of hydrogen-bond donors (Lipinski definition) is 1. The minimum absolute atomic E-state index is 0.223. The lowest BCUT2D eigenvalue weighted by Crippen LogP contribution is -2.26. The van der Waals surface area contributed by atoms with Gasteiger partial charge in [-0.2, -0.15) is 0 Å². The number of carboxylic acid groups (broad SMARTS) is 1. The summed E-state index contributed by atoms with van der Waals surface area (Å²) in [7, 11) is 0. The Balaban J connectivity index is 2.70. The third-order valence-electron chi connectivity index (χ3n) is 2.95. The Labute approximate surface area is 114 Å². The van der Waals surface area contributed by atoms with Gasteiger partial charge in [0.1, 0.15) is 5.56 Å². The lowest BCUT2D eigenvalue weighted by molar-refractivity contribution is 0.0694. The summed E-state index contributed by atoms with van der Waals surface area (Å²) in [5.74, 6) is -1.23. The molecule has 4 nitrogen and oxygen atoms in total. The van der Waals surface area contributed by atoms with Gasteiger partial charge < -0.3 is 5.11 Å². The zero-order chi connectivity index (χ0) is 14.2. The maximum atomic E-state index is 12.2. The number of benzene rings is 1. The molecule has 0 aliphatic heterocycles. The molecular formula is C14H12ClNO3. The number of carboxylic acids is 1. The van der Waals surface area contributed by atoms with E-state index in [4.69, 9.17) is 16.7 Å². The number of rotatable bonds is 2. The average molecular weight is 278 g/mol. The second kappa shape index (κ2) is 4.90. The number of hydrogen-bond acceptors (Lipinski definition) is 2. The summed E-state index contributed by atoms with van der Waals surface area (Å²) in [6.45, 7) is 3.45. The second-order valence-corrected chi connectivity index (χ2v) is 4.69. The van der Waals surface area contributed by atoms with E-state index in [9.17, 15) is 9.59 Å². The summed E-state index contributed by atoms with van der Waals surface area (Å²) >= 11 is 6.02. The van der Waals surface area contributed by atoms with Crippen LogP contribution in [0.1, 0.15) is 21.5 Å². The second-order valence-electron chi connectivity index (χ2n) is 4.29. The van der Waals surface area contributed by atoms with Crippen LogP contribution >= 0.6 is 11.6 Å². The molecule has 1 aromatic carbocycles. The normalized spacial score (nSPS) is 10.5. The average Bonchev–Trinajstić information content (AvgIpc) is 2.33. The molecule has 98 valence electrons. The highest BCUT2D eigenvalue weighted by atomic mass is 35.5. The van der Waals surface area contributed by atoms with E-state index >= 15 is 0 Å². The van der Waals surface area contributed by atoms with E-state index in [1.165, 1.54) is 4.57 Å². The van der Waals surface area contributed by atoms with Gasteiger partial charge in [0.15, 0.2) is 0 Å². The number of aromatic carboxylic acids is 1. The molecule has 1 heterocycles. The van der Waals surface area contributed by atoms with Crippen molar-refractivity contribution in [3.05, 3.63) is 62.5 Å². The first-order valence-corrected chi connectivity index (χ1v) is 6.01. The third kappa shape index (κ3) is 2.39. The molecule has 0 saturated heterocycles. The lowest BCUT2D eigenvalue weighted by Gasteiger charge is -2.09. The molecule has 5 heteroatoms. The molecule has 0 fully saturated rings. The number of carbonyl (C=O) groups is 1. The molecule has 1 N–H and O–H groups in total. The molecule has 0 amide bonds. The highest BCUT2D eigenvalue weighted by Crippen LogP contribution is 2.19. The topological polar surface area (TPSA) is 59.3 Å². The van der Waals surface area contributed by atoms with Gasteiger partial charge in [0.2, 0.25) is 0 Å². The van der Waals surface area contributed by atoms with Gasteiger partial charge >= 0.3 is 5.97 Å². The van der Waals surface area contributed by atoms with Gasteiger partial charge in [-0.05, 0) is 43.2 Å². The summed E-state index contributed by atoms with van der Waals surface area (Å²) in [5.41, 5.74) is 1.09. The van der Waals surface area contributed by atoms with Crippen LogP contribution in [0.3, 0.4) is 0 Å². The fourth-order valence-corrected chi connectivity index (χ4v) is 2.00. The van der Waals surface area contributed by atoms with Gasteiger partial charge in [-0.3, -0.25) is 9.36 Å². The summed E-state index contributed by atoms with van der Waals surface area (Å²) in [4.78, 5) is 23.3. The molecule has 19 heavy (non-hydrogen) atoms. The summed E-state index contributed by atoms with van der Waals surface area (Å²) < 4.78 is 1.28. The Morgan fingerprint density at radius 1 is 1.21 bits per heavy atom. The van der Waals surface area contributed by atoms with E-state index in [0.29, 0.717) is 16.3 Å². The Hall–Kier alpha value is -2.07. The maximum absolute atomic E-state index is 12.2. The largest absolute Gasteiger partial charge is 0.477 e. The summed E-state index contributed by atoms with van der Waals surface area (Å²) in [6.07, 6.45) is 1.55. The van der Waals surface area contributed by atoms with E-state index < -0.39 is 11.5 Å². The van der Waals surface area contributed by atoms with Crippen LogP contribution in [0.4, 0.5) is 0 Å². The SMILES string of the molecule is Cc1ccc(-n2ccc(C)c(C(=O)O)c2=O)cc1Cl. The van der Waals surface area contributed by atoms with Crippen molar-refractivity contribution in [3.63, 3.8) is 0 Å². The number of aromatic nitrogens is 1. The molecule has 0 bridgehead atoms. The van der Waals surface area contributed by atoms with E-state index in [1.54, 1.807) is 37.4 Å². The van der Waals surface area contributed by atoms with Gasteiger partial charge in [0, 0.05) is 11.2 Å². The van der Waals surface area contributed by atoms with Crippen molar-refractivity contribution in [2.45, 2.75) is 13.8 Å². The minimum Gasteiger partial charge on any atom is -0.477 e. The molecule has 2 rings (SSSR count). The van der Waals surface area contributed by atoms with E-state index in [-0.39, 0.29) is 5.56 Å². The number of nitrogens with zero attached hydrogens (tertiary/aromatic N) is 1. The number of aryl methyl sites for hydroxylation is 2. The fraction of sp³-hybridized carbons (Fsp3) is 0.143. The molecule has 0 radical (unpaired) electrons. The first kappa shape index (κ1) is 13.4. The van der Waals surface area contributed by atoms with Gasteiger partial charge in [-0.15, -0.1) is 0 Å². The molecule has 1 aromatic heterocycles. The van der Waals surface area contributed by atoms with Crippen molar-refractivity contribution in [1.29, 1.82) is 0 Å². The zero-order valence-electron chi connectivity index (χ0n) is 10.5. The highest BCUT2D eigenvalue weighted by Gasteiger charge is 2.15. The first-order chi connectivity index (χ1) is 8.91. The molecule has 0 unspecified atom stereocenters. The third-order valence-corrected chi connectivity index (χ3v) is 3.36. The standard InChI is InChI=1S/C14H12ClNO3/c1-8-3-4-10(7-11(8)15)16-6-5-9(2)12(13(16)17)14(18)19/h3-7H,1-2H3,(H,18,19). The van der Waals surface area contributed by atoms with Gasteiger partial charge in [-0.1, -0.05) is 17.7 Å². The molecule has 0 aliphatic rings. The lowest BCUT2D eigenvalue weighted by atomic mass is 10.1. The predicted molar refractivity (Wildman–Crippen MR) is 73.5 cm³/mol. The van der Waals surface area contributed by atoms with Crippen molar-refractivity contribution >= 4 is 17.6 Å². The van der Waals surface area contributed by atoms with E-state index in [0.717, 1.165) is 5.56 Å². The Morgan fingerprint density at radius 3 is 2.47 bits per heavy atom. The molecule has 0 aliphatic carbocycles. The van der Waals surface area contributed by atoms with Crippen LogP contribution < -0.4 is 5.56 Å². The van der Waals surface area contributed by atoms with E-state index in [1.807, 2.05) is 6.92 Å². The van der Waals surface area contributed by atoms with Crippen molar-refractivity contribution in [2.24, 2.45) is 0 Å². The van der Waals surface area contributed by atoms with Crippen LogP contribution in [0.15, 0.2) is 35.3 Å². The van der Waals surface area contributed by atoms with Crippen LogP contribution in [-0.4, -0.2) is 15.6 Å². The van der Waals surface area contributed by atoms with Crippen LogP contribution in [0.2, 0.25) is 5.02 Å². The number of pyridine rings is 1. The van der Waals surface area contributed by atoms with Crippen LogP contribution in [-0.2, 0) is 0 Å². The van der Waals surface area contributed by atoms with Crippen molar-refractivity contribution in [1.82, 2.24) is 4.57 Å². The van der Waals surface area contributed by atoms with Gasteiger partial charge in [0.05, 0.1) is 5.69 Å². The maximum Gasteiger partial charge on any atom is 0.341 e. The van der Waals surface area contributed by atoms with Crippen molar-refractivity contribution in [3.8, 4) is 5.69 Å². The summed E-state index contributed by atoms with van der Waals surface area (Å²) in [5, 5.41) is 9.61. The van der Waals surface area contributed by atoms with Crippen LogP contribution in [0, 0.1) is 13.8 Å². The quantitative estimate of drug-likeness (QED) is 0.918. The molecule has 2 aromatic rings. The Morgan fingerprint density at radius 2 is 1.89 bits per heavy atom. The molecule has 0 saturated carbocycles. The first-order valence-electron chi connectivity index (χ1n) is 5.64. The van der Waals surface area contributed by atoms with Crippen molar-refractivity contribution in [2.75, 3.05) is 0 Å². The Bertz CT molecular complexity index is 719. The predicted octanol–water partition coefficient (Wildman–Crippen LogP) is 2.81. The molecule has 0 spiro atoms. The number of halogens is 1. The van der Waals surface area contributed by atoms with Crippen LogP contribution in [0.5, 0.6) is 0 Å². The molecule has 0 atom stereocenters. The summed E-state index contributed by atoms with van der Waals surface area (Å²) in [6, 6.07) is 6.74. The van der Waals surface area contributed by atoms with E-state index in [2.05, 4.69) is 0 Å². The molecular weight excluding hydrogens is 266 g/mol. The van der Waals surface area contributed by atoms with Crippen LogP contribution in [0.25, 0.3) is 5.69 Å². The Kier molecular flexibility index (Phi) is 3.44. The smallest absolute Gasteiger partial charge is 0.341 e. The monoisotopic (exact) mass is 277 g/mol. The zero-order valence-corrected chi connectivity index (χ0v) is 11.2. The van der Waals surface area contributed by atoms with Gasteiger partial charge in [-0.25, -0.2) is 4.79 Å². The highest BCUT2D eigenvalue weighted by molar-refractivity contribution is 6.31. The van der Waals surface area contributed by atoms with Gasteiger partial charge in [0.25, 0.3) is 5.56 Å². The minimum atomic E-state index is -1.23. The van der Waals surface area contributed by atoms with Crippen molar-refractivity contribution < 1.29 is 9.90 Å².